The second-order valence-corrected chi connectivity index (χ2v) is 5.99. The van der Waals surface area contributed by atoms with E-state index in [1.54, 1.807) is 6.07 Å². The Morgan fingerprint density at radius 1 is 1.31 bits per heavy atom. The number of anilines is 1. The quantitative estimate of drug-likeness (QED) is 0.860. The van der Waals surface area contributed by atoms with Crippen molar-refractivity contribution in [3.63, 3.8) is 0 Å². The molecule has 0 saturated carbocycles. The molecule has 0 unspecified atom stereocenters. The van der Waals surface area contributed by atoms with Gasteiger partial charge in [0.1, 0.15) is 0 Å². The van der Waals surface area contributed by atoms with Gasteiger partial charge in [-0.1, -0.05) is 29.8 Å². The van der Waals surface area contributed by atoms with Crippen LogP contribution < -0.4 is 5.73 Å². The van der Waals surface area contributed by atoms with Crippen LogP contribution in [0, 0.1) is 6.92 Å². The third kappa shape index (κ3) is 2.18. The molecule has 2 nitrogen and oxygen atoms in total. The minimum absolute atomic E-state index is 0.0283. The second-order valence-electron chi connectivity index (χ2n) is 3.52. The molecule has 0 aliphatic carbocycles. The van der Waals surface area contributed by atoms with E-state index in [0.29, 0.717) is 16.1 Å². The highest BCUT2D eigenvalue weighted by molar-refractivity contribution is 9.11. The van der Waals surface area contributed by atoms with Gasteiger partial charge in [-0.25, -0.2) is 0 Å². The number of nitrogens with two attached hydrogens (primary N) is 1. The van der Waals surface area contributed by atoms with E-state index < -0.39 is 0 Å². The molecule has 0 bridgehead atoms. The van der Waals surface area contributed by atoms with Crippen molar-refractivity contribution in [3.8, 4) is 0 Å². The number of carbonyl (C=O) groups excluding carboxylic acids is 1. The Balaban J connectivity index is 2.39. The summed E-state index contributed by atoms with van der Waals surface area (Å²) in [5.41, 5.74) is 8.15. The van der Waals surface area contributed by atoms with E-state index in [1.807, 2.05) is 31.2 Å². The summed E-state index contributed by atoms with van der Waals surface area (Å²) >= 11 is 4.69. The van der Waals surface area contributed by atoms with Gasteiger partial charge in [0.2, 0.25) is 0 Å². The maximum absolute atomic E-state index is 12.1. The molecule has 82 valence electrons. The SMILES string of the molecule is Cc1ccc(C(=O)c2cc(Br)sc2N)cc1. The zero-order chi connectivity index (χ0) is 11.7. The molecular weight excluding hydrogens is 286 g/mol. The maximum atomic E-state index is 12.1. The number of benzene rings is 1. The summed E-state index contributed by atoms with van der Waals surface area (Å²) in [6, 6.07) is 9.25. The molecule has 0 fully saturated rings. The van der Waals surface area contributed by atoms with E-state index in [2.05, 4.69) is 15.9 Å². The number of thiophene rings is 1. The van der Waals surface area contributed by atoms with Gasteiger partial charge >= 0.3 is 0 Å². The third-order valence-electron chi connectivity index (χ3n) is 2.29. The highest BCUT2D eigenvalue weighted by Crippen LogP contribution is 2.30. The molecular formula is C12H10BrNOS. The van der Waals surface area contributed by atoms with Gasteiger partial charge in [-0.05, 0) is 28.9 Å². The molecule has 0 atom stereocenters. The summed E-state index contributed by atoms with van der Waals surface area (Å²) in [5.74, 6) is -0.0283. The van der Waals surface area contributed by atoms with Crippen LogP contribution in [0.5, 0.6) is 0 Å². The fourth-order valence-corrected chi connectivity index (χ4v) is 2.81. The van der Waals surface area contributed by atoms with Gasteiger partial charge in [0.05, 0.1) is 14.4 Å². The summed E-state index contributed by atoms with van der Waals surface area (Å²) < 4.78 is 0.875. The van der Waals surface area contributed by atoms with Crippen LogP contribution in [0.25, 0.3) is 0 Å². The first kappa shape index (κ1) is 11.4. The average molecular weight is 296 g/mol. The van der Waals surface area contributed by atoms with Crippen LogP contribution in [0.2, 0.25) is 0 Å². The highest BCUT2D eigenvalue weighted by atomic mass is 79.9. The van der Waals surface area contributed by atoms with Crippen LogP contribution in [0.1, 0.15) is 21.5 Å². The van der Waals surface area contributed by atoms with Gasteiger partial charge < -0.3 is 5.73 Å². The van der Waals surface area contributed by atoms with E-state index in [-0.39, 0.29) is 5.78 Å². The fraction of sp³-hybridized carbons (Fsp3) is 0.0833. The van der Waals surface area contributed by atoms with Crippen LogP contribution in [-0.2, 0) is 0 Å². The lowest BCUT2D eigenvalue weighted by Gasteiger charge is -2.00. The van der Waals surface area contributed by atoms with Crippen molar-refractivity contribution < 1.29 is 4.79 Å². The molecule has 0 radical (unpaired) electrons. The molecule has 16 heavy (non-hydrogen) atoms. The Bertz CT molecular complexity index is 530. The molecule has 1 heterocycles. The van der Waals surface area contributed by atoms with E-state index in [0.717, 1.165) is 9.35 Å². The van der Waals surface area contributed by atoms with Gasteiger partial charge in [0, 0.05) is 5.56 Å². The van der Waals surface area contributed by atoms with Crippen LogP contribution in [-0.4, -0.2) is 5.78 Å². The molecule has 0 aliphatic heterocycles. The predicted molar refractivity (Wildman–Crippen MR) is 71.0 cm³/mol. The standard InChI is InChI=1S/C12H10BrNOS/c1-7-2-4-8(5-3-7)11(15)9-6-10(13)16-12(9)14/h2-6H,14H2,1H3. The summed E-state index contributed by atoms with van der Waals surface area (Å²) in [7, 11) is 0. The summed E-state index contributed by atoms with van der Waals surface area (Å²) in [6.07, 6.45) is 0. The second kappa shape index (κ2) is 4.39. The topological polar surface area (TPSA) is 43.1 Å². The number of ketones is 1. The van der Waals surface area contributed by atoms with Crippen LogP contribution >= 0.6 is 27.3 Å². The number of nitrogen functional groups attached to an aromatic ring is 1. The van der Waals surface area contributed by atoms with Gasteiger partial charge in [-0.2, -0.15) is 0 Å². The minimum atomic E-state index is -0.0283. The van der Waals surface area contributed by atoms with Gasteiger partial charge in [-0.3, -0.25) is 4.79 Å². The van der Waals surface area contributed by atoms with Crippen molar-refractivity contribution in [1.29, 1.82) is 0 Å². The Morgan fingerprint density at radius 3 is 2.44 bits per heavy atom. The molecule has 4 heteroatoms. The number of hydrogen-bond donors (Lipinski definition) is 1. The maximum Gasteiger partial charge on any atom is 0.196 e. The molecule has 0 saturated heterocycles. The first-order valence-electron chi connectivity index (χ1n) is 4.74. The summed E-state index contributed by atoms with van der Waals surface area (Å²) in [6.45, 7) is 1.99. The third-order valence-corrected chi connectivity index (χ3v) is 3.76. The van der Waals surface area contributed by atoms with E-state index in [1.165, 1.54) is 11.3 Å². The van der Waals surface area contributed by atoms with E-state index in [4.69, 9.17) is 5.73 Å². The highest BCUT2D eigenvalue weighted by Gasteiger charge is 2.14. The lowest BCUT2D eigenvalue weighted by atomic mass is 10.0. The predicted octanol–water partition coefficient (Wildman–Crippen LogP) is 3.63. The summed E-state index contributed by atoms with van der Waals surface area (Å²) in [4.78, 5) is 12.1. The fourth-order valence-electron chi connectivity index (χ4n) is 1.41. The number of hydrogen-bond acceptors (Lipinski definition) is 3. The van der Waals surface area contributed by atoms with Crippen molar-refractivity contribution in [2.45, 2.75) is 6.92 Å². The van der Waals surface area contributed by atoms with Gasteiger partial charge in [0.15, 0.2) is 5.78 Å². The lowest BCUT2D eigenvalue weighted by Crippen LogP contribution is -2.02. The van der Waals surface area contributed by atoms with E-state index in [9.17, 15) is 4.79 Å². The van der Waals surface area contributed by atoms with Gasteiger partial charge in [0.25, 0.3) is 0 Å². The van der Waals surface area contributed by atoms with Crippen LogP contribution in [0.4, 0.5) is 5.00 Å². The van der Waals surface area contributed by atoms with E-state index >= 15 is 0 Å². The largest absolute Gasteiger partial charge is 0.390 e. The van der Waals surface area contributed by atoms with Crippen molar-refractivity contribution >= 4 is 38.1 Å². The van der Waals surface area contributed by atoms with Crippen molar-refractivity contribution in [2.24, 2.45) is 0 Å². The van der Waals surface area contributed by atoms with Crippen molar-refractivity contribution in [2.75, 3.05) is 5.73 Å². The normalized spacial score (nSPS) is 10.4. The smallest absolute Gasteiger partial charge is 0.196 e. The molecule has 0 spiro atoms. The Morgan fingerprint density at radius 2 is 1.94 bits per heavy atom. The molecule has 2 rings (SSSR count). The first-order valence-corrected chi connectivity index (χ1v) is 6.35. The molecule has 2 N–H and O–H groups in total. The van der Waals surface area contributed by atoms with Gasteiger partial charge in [-0.15, -0.1) is 11.3 Å². The Labute approximate surface area is 106 Å². The van der Waals surface area contributed by atoms with Crippen LogP contribution in [0.3, 0.4) is 0 Å². The lowest BCUT2D eigenvalue weighted by molar-refractivity contribution is 0.104. The van der Waals surface area contributed by atoms with Crippen molar-refractivity contribution in [1.82, 2.24) is 0 Å². The number of halogens is 1. The van der Waals surface area contributed by atoms with Crippen LogP contribution in [0.15, 0.2) is 34.1 Å². The number of rotatable bonds is 2. The first-order chi connectivity index (χ1) is 7.58. The molecule has 0 aliphatic rings. The Kier molecular flexibility index (Phi) is 3.12. The minimum Gasteiger partial charge on any atom is -0.390 e. The zero-order valence-electron chi connectivity index (χ0n) is 8.66. The molecule has 2 aromatic rings. The molecule has 1 aromatic carbocycles. The molecule has 0 amide bonds. The summed E-state index contributed by atoms with van der Waals surface area (Å²) in [5, 5.41) is 0.553. The Hall–Kier alpha value is -1.13. The number of aryl methyl sites for hydroxylation is 1. The average Bonchev–Trinajstić information content (AvgIpc) is 2.58. The zero-order valence-corrected chi connectivity index (χ0v) is 11.1. The monoisotopic (exact) mass is 295 g/mol. The number of carbonyl (C=O) groups is 1. The van der Waals surface area contributed by atoms with Crippen molar-refractivity contribution in [3.05, 3.63) is 50.8 Å². The molecule has 1 aromatic heterocycles.